The van der Waals surface area contributed by atoms with Crippen LogP contribution in [0.25, 0.3) is 0 Å². The zero-order chi connectivity index (χ0) is 19.9. The molecule has 2 aromatic rings. The van der Waals surface area contributed by atoms with E-state index in [2.05, 4.69) is 50.4 Å². The Balaban J connectivity index is 0.00000300. The first-order valence-corrected chi connectivity index (χ1v) is 10.1. The third-order valence-corrected chi connectivity index (χ3v) is 4.76. The molecule has 0 aromatic carbocycles. The molecule has 1 unspecified atom stereocenters. The van der Waals surface area contributed by atoms with Crippen LogP contribution in [0.4, 0.5) is 0 Å². The Hall–Kier alpha value is -1.69. The van der Waals surface area contributed by atoms with E-state index < -0.39 is 0 Å². The molecule has 3 heterocycles. The van der Waals surface area contributed by atoms with Crippen LogP contribution in [0.15, 0.2) is 11.1 Å². The molecule has 0 radical (unpaired) electrons. The minimum Gasteiger partial charge on any atom is -0.377 e. The number of aliphatic imine (C=N–C) groups is 1. The van der Waals surface area contributed by atoms with Crippen LogP contribution in [0.1, 0.15) is 42.8 Å². The van der Waals surface area contributed by atoms with Gasteiger partial charge in [0, 0.05) is 44.9 Å². The molecule has 29 heavy (non-hydrogen) atoms. The lowest BCUT2D eigenvalue weighted by Gasteiger charge is -2.25. The van der Waals surface area contributed by atoms with E-state index in [-0.39, 0.29) is 24.0 Å². The molecule has 10 heteroatoms. The number of hydrogen-bond acceptors (Lipinski definition) is 5. The zero-order valence-corrected chi connectivity index (χ0v) is 20.1. The van der Waals surface area contributed by atoms with Gasteiger partial charge in [-0.3, -0.25) is 9.67 Å². The highest BCUT2D eigenvalue weighted by molar-refractivity contribution is 14.0. The Morgan fingerprint density at radius 3 is 2.86 bits per heavy atom. The maximum Gasteiger partial charge on any atom is 0.191 e. The average molecular weight is 516 g/mol. The van der Waals surface area contributed by atoms with Crippen molar-refractivity contribution in [2.75, 3.05) is 20.2 Å². The number of hydrogen-bond donors (Lipinski definition) is 2. The number of aromatic nitrogens is 5. The summed E-state index contributed by atoms with van der Waals surface area (Å²) in [5.41, 5.74) is 2.26. The SMILES string of the molecule is CCNC(=NCCCn1nc(C)cc1C)NC1CCc2nc(COC)nn2C1.I. The Labute approximate surface area is 189 Å². The van der Waals surface area contributed by atoms with Crippen LogP contribution in [0.5, 0.6) is 0 Å². The number of fused-ring (bicyclic) bond motifs is 1. The second-order valence-corrected chi connectivity index (χ2v) is 7.20. The standard InChI is InChI=1S/C19H32N8O.HI/c1-5-20-19(21-9-6-10-26-15(3)11-14(2)24-26)22-16-7-8-18-23-17(13-28-4)25-27(18)12-16;/h11,16H,5-10,12-13H2,1-4H3,(H2,20,21,22);1H. The molecule has 2 aromatic heterocycles. The molecule has 1 aliphatic rings. The first kappa shape index (κ1) is 23.6. The van der Waals surface area contributed by atoms with Gasteiger partial charge in [-0.1, -0.05) is 0 Å². The van der Waals surface area contributed by atoms with Crippen LogP contribution < -0.4 is 10.6 Å². The lowest BCUT2D eigenvalue weighted by atomic mass is 10.1. The minimum atomic E-state index is 0. The second kappa shape index (κ2) is 11.5. The van der Waals surface area contributed by atoms with Gasteiger partial charge in [0.15, 0.2) is 11.8 Å². The monoisotopic (exact) mass is 516 g/mol. The van der Waals surface area contributed by atoms with Gasteiger partial charge in [0.05, 0.1) is 12.2 Å². The summed E-state index contributed by atoms with van der Waals surface area (Å²) in [6.45, 7) is 9.93. The number of halogens is 1. The number of ether oxygens (including phenoxy) is 1. The van der Waals surface area contributed by atoms with E-state index >= 15 is 0 Å². The quantitative estimate of drug-likeness (QED) is 0.241. The Kier molecular flexibility index (Phi) is 9.34. The topological polar surface area (TPSA) is 94.2 Å². The van der Waals surface area contributed by atoms with Gasteiger partial charge >= 0.3 is 0 Å². The molecule has 1 aliphatic heterocycles. The predicted octanol–water partition coefficient (Wildman–Crippen LogP) is 1.82. The Bertz CT molecular complexity index is 800. The fourth-order valence-electron chi connectivity index (χ4n) is 3.49. The molecule has 0 amide bonds. The Morgan fingerprint density at radius 2 is 2.17 bits per heavy atom. The Morgan fingerprint density at radius 1 is 1.34 bits per heavy atom. The molecule has 9 nitrogen and oxygen atoms in total. The van der Waals surface area contributed by atoms with Crippen LogP contribution in [-0.2, 0) is 30.9 Å². The maximum atomic E-state index is 5.14. The zero-order valence-electron chi connectivity index (χ0n) is 17.8. The first-order valence-electron chi connectivity index (χ1n) is 10.1. The highest BCUT2D eigenvalue weighted by Gasteiger charge is 2.22. The van der Waals surface area contributed by atoms with Crippen LogP contribution in [0, 0.1) is 13.8 Å². The van der Waals surface area contributed by atoms with Crippen molar-refractivity contribution < 1.29 is 4.74 Å². The fraction of sp³-hybridized carbons (Fsp3) is 0.684. The predicted molar refractivity (Wildman–Crippen MR) is 124 cm³/mol. The summed E-state index contributed by atoms with van der Waals surface area (Å²) in [5.74, 6) is 2.65. The number of nitrogens with zero attached hydrogens (tertiary/aromatic N) is 6. The summed E-state index contributed by atoms with van der Waals surface area (Å²) in [7, 11) is 1.67. The molecule has 0 fully saturated rings. The summed E-state index contributed by atoms with van der Waals surface area (Å²) in [6.07, 6.45) is 2.88. The first-order chi connectivity index (χ1) is 13.6. The summed E-state index contributed by atoms with van der Waals surface area (Å²) in [6, 6.07) is 2.40. The van der Waals surface area contributed by atoms with E-state index in [1.165, 1.54) is 5.69 Å². The van der Waals surface area contributed by atoms with E-state index in [9.17, 15) is 0 Å². The van der Waals surface area contributed by atoms with Crippen molar-refractivity contribution in [3.63, 3.8) is 0 Å². The van der Waals surface area contributed by atoms with E-state index in [0.29, 0.717) is 12.6 Å². The highest BCUT2D eigenvalue weighted by atomic mass is 127. The molecular weight excluding hydrogens is 483 g/mol. The lowest BCUT2D eigenvalue weighted by molar-refractivity contribution is 0.177. The summed E-state index contributed by atoms with van der Waals surface area (Å²) in [5, 5.41) is 15.9. The van der Waals surface area contributed by atoms with Crippen molar-refractivity contribution in [1.29, 1.82) is 0 Å². The molecule has 3 rings (SSSR count). The maximum absolute atomic E-state index is 5.14. The van der Waals surface area contributed by atoms with Gasteiger partial charge in [0.1, 0.15) is 12.4 Å². The van der Waals surface area contributed by atoms with E-state index in [0.717, 1.165) is 68.7 Å². The van der Waals surface area contributed by atoms with Gasteiger partial charge in [-0.15, -0.1) is 24.0 Å². The van der Waals surface area contributed by atoms with E-state index in [1.807, 2.05) is 11.6 Å². The molecule has 0 aliphatic carbocycles. The van der Waals surface area contributed by atoms with Gasteiger partial charge in [-0.2, -0.15) is 10.2 Å². The smallest absolute Gasteiger partial charge is 0.191 e. The molecule has 162 valence electrons. The van der Waals surface area contributed by atoms with E-state index in [1.54, 1.807) is 7.11 Å². The van der Waals surface area contributed by atoms with Crippen molar-refractivity contribution in [3.8, 4) is 0 Å². The van der Waals surface area contributed by atoms with Crippen LogP contribution in [0.3, 0.4) is 0 Å². The molecule has 0 spiro atoms. The van der Waals surface area contributed by atoms with Gasteiger partial charge in [0.25, 0.3) is 0 Å². The number of methoxy groups -OCH3 is 1. The molecule has 1 atom stereocenters. The van der Waals surface area contributed by atoms with Crippen LogP contribution in [0.2, 0.25) is 0 Å². The third-order valence-electron chi connectivity index (χ3n) is 4.76. The van der Waals surface area contributed by atoms with Crippen molar-refractivity contribution in [2.24, 2.45) is 4.99 Å². The van der Waals surface area contributed by atoms with Crippen LogP contribution >= 0.6 is 24.0 Å². The number of nitrogens with one attached hydrogen (secondary N) is 2. The van der Waals surface area contributed by atoms with E-state index in [4.69, 9.17) is 9.73 Å². The van der Waals surface area contributed by atoms with Gasteiger partial charge in [0.2, 0.25) is 0 Å². The highest BCUT2D eigenvalue weighted by Crippen LogP contribution is 2.13. The molecule has 0 saturated carbocycles. The van der Waals surface area contributed by atoms with Crippen molar-refractivity contribution in [1.82, 2.24) is 35.2 Å². The number of guanidine groups is 1. The molecular formula is C19H33IN8O. The second-order valence-electron chi connectivity index (χ2n) is 7.20. The lowest BCUT2D eigenvalue weighted by Crippen LogP contribution is -2.47. The molecule has 0 bridgehead atoms. The number of aryl methyl sites for hydroxylation is 4. The minimum absolute atomic E-state index is 0. The molecule has 0 saturated heterocycles. The van der Waals surface area contributed by atoms with Gasteiger partial charge in [-0.05, 0) is 39.7 Å². The van der Waals surface area contributed by atoms with Crippen molar-refractivity contribution in [2.45, 2.75) is 65.8 Å². The fourth-order valence-corrected chi connectivity index (χ4v) is 3.49. The van der Waals surface area contributed by atoms with Gasteiger partial charge in [-0.25, -0.2) is 9.67 Å². The molecule has 2 N–H and O–H groups in total. The van der Waals surface area contributed by atoms with Crippen LogP contribution in [-0.4, -0.2) is 56.7 Å². The number of rotatable bonds is 8. The van der Waals surface area contributed by atoms with Gasteiger partial charge < -0.3 is 15.4 Å². The average Bonchev–Trinajstić information content (AvgIpc) is 3.20. The summed E-state index contributed by atoms with van der Waals surface area (Å²) < 4.78 is 9.18. The third kappa shape index (κ3) is 6.66. The largest absolute Gasteiger partial charge is 0.377 e. The summed E-state index contributed by atoms with van der Waals surface area (Å²) >= 11 is 0. The summed E-state index contributed by atoms with van der Waals surface area (Å²) in [4.78, 5) is 9.27. The van der Waals surface area contributed by atoms with Crippen molar-refractivity contribution >= 4 is 29.9 Å². The normalized spacial score (nSPS) is 16.3. The van der Waals surface area contributed by atoms with Crippen molar-refractivity contribution in [3.05, 3.63) is 29.1 Å².